The molecule has 0 saturated carbocycles. The summed E-state index contributed by atoms with van der Waals surface area (Å²) in [6.45, 7) is 0. The summed E-state index contributed by atoms with van der Waals surface area (Å²) in [6.07, 6.45) is -0.214. The van der Waals surface area contributed by atoms with Crippen molar-refractivity contribution in [1.82, 2.24) is 0 Å². The van der Waals surface area contributed by atoms with E-state index in [9.17, 15) is 24.3 Å². The molecule has 96 valence electrons. The van der Waals surface area contributed by atoms with Crippen LogP contribution < -0.4 is 0 Å². The third-order valence-electron chi connectivity index (χ3n) is 3.06. The molecule has 1 saturated heterocycles. The molecule has 3 rings (SSSR count). The first-order chi connectivity index (χ1) is 8.99. The number of phenols is 1. The Morgan fingerprint density at radius 3 is 2.42 bits per heavy atom. The average molecular weight is 262 g/mol. The van der Waals surface area contributed by atoms with Crippen LogP contribution in [0.25, 0.3) is 0 Å². The molecule has 1 aromatic rings. The average Bonchev–Trinajstić information content (AvgIpc) is 2.81. The lowest BCUT2D eigenvalue weighted by Gasteiger charge is -2.09. The minimum absolute atomic E-state index is 0.0658. The number of hydrogen-bond donors (Lipinski definition) is 1. The maximum atomic E-state index is 11.4. The van der Waals surface area contributed by atoms with Gasteiger partial charge in [0, 0.05) is 5.56 Å². The van der Waals surface area contributed by atoms with Gasteiger partial charge >= 0.3 is 23.9 Å². The second-order valence-corrected chi connectivity index (χ2v) is 4.15. The van der Waals surface area contributed by atoms with Crippen LogP contribution in [0.3, 0.4) is 0 Å². The zero-order valence-corrected chi connectivity index (χ0v) is 9.34. The molecule has 1 fully saturated rings. The first kappa shape index (κ1) is 11.4. The van der Waals surface area contributed by atoms with Crippen molar-refractivity contribution >= 4 is 23.9 Å². The molecule has 0 radical (unpaired) electrons. The van der Waals surface area contributed by atoms with Crippen LogP contribution in [-0.4, -0.2) is 29.0 Å². The minimum atomic E-state index is -0.975. The van der Waals surface area contributed by atoms with Crippen LogP contribution in [-0.2, 0) is 19.1 Å². The molecule has 1 N–H and O–H groups in total. The fourth-order valence-corrected chi connectivity index (χ4v) is 2.17. The summed E-state index contributed by atoms with van der Waals surface area (Å²) in [7, 11) is 0. The predicted molar refractivity (Wildman–Crippen MR) is 56.3 cm³/mol. The van der Waals surface area contributed by atoms with Crippen molar-refractivity contribution < 1.29 is 33.8 Å². The number of carbonyl (C=O) groups is 4. The highest BCUT2D eigenvalue weighted by molar-refractivity contribution is 6.16. The molecule has 19 heavy (non-hydrogen) atoms. The summed E-state index contributed by atoms with van der Waals surface area (Å²) in [6, 6.07) is 2.58. The molecule has 0 spiro atoms. The molecule has 0 aromatic heterocycles. The fraction of sp³-hybridized carbons (Fsp3) is 0.167. The van der Waals surface area contributed by atoms with Crippen molar-refractivity contribution in [2.75, 3.05) is 0 Å². The molecule has 0 amide bonds. The Balaban J connectivity index is 2.13. The third-order valence-corrected chi connectivity index (χ3v) is 3.06. The van der Waals surface area contributed by atoms with E-state index in [1.165, 1.54) is 12.1 Å². The van der Waals surface area contributed by atoms with Gasteiger partial charge in [0.05, 0.1) is 17.9 Å². The first-order valence-electron chi connectivity index (χ1n) is 5.36. The van der Waals surface area contributed by atoms with Gasteiger partial charge in [0.25, 0.3) is 0 Å². The van der Waals surface area contributed by atoms with Crippen LogP contribution >= 0.6 is 0 Å². The largest absolute Gasteiger partial charge is 0.507 e. The molecule has 2 heterocycles. The second kappa shape index (κ2) is 3.64. The van der Waals surface area contributed by atoms with E-state index in [-0.39, 0.29) is 23.1 Å². The van der Waals surface area contributed by atoms with E-state index in [0.29, 0.717) is 0 Å². The van der Waals surface area contributed by atoms with Crippen molar-refractivity contribution in [3.05, 3.63) is 28.8 Å². The van der Waals surface area contributed by atoms with Gasteiger partial charge in [-0.05, 0) is 6.07 Å². The highest BCUT2D eigenvalue weighted by Crippen LogP contribution is 2.39. The number of ether oxygens (including phenoxy) is 2. The zero-order valence-electron chi connectivity index (χ0n) is 9.34. The normalized spacial score (nSPS) is 21.4. The maximum absolute atomic E-state index is 11.4. The number of rotatable bonds is 1. The topological polar surface area (TPSA) is 107 Å². The summed E-state index contributed by atoms with van der Waals surface area (Å²) >= 11 is 0. The summed E-state index contributed by atoms with van der Waals surface area (Å²) in [5, 5.41) is 9.99. The van der Waals surface area contributed by atoms with Gasteiger partial charge in [0.15, 0.2) is 0 Å². The van der Waals surface area contributed by atoms with Gasteiger partial charge in [-0.15, -0.1) is 0 Å². The van der Waals surface area contributed by atoms with E-state index in [1.54, 1.807) is 0 Å². The number of hydrogen-bond acceptors (Lipinski definition) is 7. The number of esters is 4. The fourth-order valence-electron chi connectivity index (χ4n) is 2.17. The Morgan fingerprint density at radius 2 is 1.79 bits per heavy atom. The Kier molecular flexibility index (Phi) is 2.19. The summed E-state index contributed by atoms with van der Waals surface area (Å²) in [5.41, 5.74) is -0.278. The first-order valence-corrected chi connectivity index (χ1v) is 5.36. The number of phenolic OH excluding ortho intramolecular Hbond substituents is 1. The van der Waals surface area contributed by atoms with Crippen LogP contribution in [0, 0.1) is 0 Å². The molecule has 1 unspecified atom stereocenters. The molecule has 7 heteroatoms. The smallest absolute Gasteiger partial charge is 0.350 e. The summed E-state index contributed by atoms with van der Waals surface area (Å²) in [4.78, 5) is 45.2. The number of fused-ring (bicyclic) bond motifs is 1. The maximum Gasteiger partial charge on any atom is 0.350 e. The van der Waals surface area contributed by atoms with E-state index in [2.05, 4.69) is 9.47 Å². The SMILES string of the molecule is O=C1CC(c2ccc3c(c2O)C(=O)OC3=O)C(=O)O1. The lowest BCUT2D eigenvalue weighted by Crippen LogP contribution is -2.07. The Hall–Kier alpha value is -2.70. The number of carbonyl (C=O) groups excluding carboxylic acids is 4. The standard InChI is InChI=1S/C12H6O7/c13-7-3-6(11(16)18-7)4-1-2-5-8(9(4)14)12(17)19-10(5)15/h1-2,6,14H,3H2. The molecular formula is C12H6O7. The molecule has 7 nitrogen and oxygen atoms in total. The Morgan fingerprint density at radius 1 is 1.05 bits per heavy atom. The number of benzene rings is 1. The molecule has 0 bridgehead atoms. The molecule has 2 aliphatic rings. The van der Waals surface area contributed by atoms with Crippen molar-refractivity contribution in [3.8, 4) is 5.75 Å². The van der Waals surface area contributed by atoms with Gasteiger partial charge in [-0.25, -0.2) is 9.59 Å². The second-order valence-electron chi connectivity index (χ2n) is 4.15. The zero-order chi connectivity index (χ0) is 13.7. The monoisotopic (exact) mass is 262 g/mol. The molecule has 2 aliphatic heterocycles. The van der Waals surface area contributed by atoms with Crippen LogP contribution in [0.1, 0.15) is 38.6 Å². The lowest BCUT2D eigenvalue weighted by atomic mass is 9.93. The van der Waals surface area contributed by atoms with E-state index in [0.717, 1.165) is 0 Å². The van der Waals surface area contributed by atoms with Gasteiger partial charge < -0.3 is 14.6 Å². The van der Waals surface area contributed by atoms with Gasteiger partial charge in [0.2, 0.25) is 0 Å². The minimum Gasteiger partial charge on any atom is -0.507 e. The van der Waals surface area contributed by atoms with Crippen molar-refractivity contribution in [3.63, 3.8) is 0 Å². The number of cyclic esters (lactones) is 4. The Labute approximate surface area is 105 Å². The van der Waals surface area contributed by atoms with E-state index < -0.39 is 35.5 Å². The summed E-state index contributed by atoms with van der Waals surface area (Å²) < 4.78 is 8.74. The molecule has 0 aliphatic carbocycles. The van der Waals surface area contributed by atoms with Crippen molar-refractivity contribution in [2.24, 2.45) is 0 Å². The quantitative estimate of drug-likeness (QED) is 0.571. The van der Waals surface area contributed by atoms with Crippen LogP contribution in [0.2, 0.25) is 0 Å². The van der Waals surface area contributed by atoms with E-state index in [4.69, 9.17) is 0 Å². The molecular weight excluding hydrogens is 256 g/mol. The highest BCUT2D eigenvalue weighted by atomic mass is 16.6. The molecule has 1 atom stereocenters. The third kappa shape index (κ3) is 1.51. The highest BCUT2D eigenvalue weighted by Gasteiger charge is 2.40. The van der Waals surface area contributed by atoms with Gasteiger partial charge in [-0.2, -0.15) is 0 Å². The van der Waals surface area contributed by atoms with Crippen molar-refractivity contribution in [2.45, 2.75) is 12.3 Å². The van der Waals surface area contributed by atoms with Crippen LogP contribution in [0.15, 0.2) is 12.1 Å². The van der Waals surface area contributed by atoms with Gasteiger partial charge in [0.1, 0.15) is 11.3 Å². The van der Waals surface area contributed by atoms with E-state index >= 15 is 0 Å². The van der Waals surface area contributed by atoms with E-state index in [1.807, 2.05) is 0 Å². The van der Waals surface area contributed by atoms with Crippen LogP contribution in [0.5, 0.6) is 5.75 Å². The number of aromatic hydroxyl groups is 1. The van der Waals surface area contributed by atoms with Crippen LogP contribution in [0.4, 0.5) is 0 Å². The Bertz CT molecular complexity index is 658. The van der Waals surface area contributed by atoms with Gasteiger partial charge in [-0.3, -0.25) is 9.59 Å². The lowest BCUT2D eigenvalue weighted by molar-refractivity contribution is -0.152. The molecule has 1 aromatic carbocycles. The predicted octanol–water partition coefficient (Wildman–Crippen LogP) is 0.260. The summed E-state index contributed by atoms with van der Waals surface area (Å²) in [5.74, 6) is -4.82. The van der Waals surface area contributed by atoms with Gasteiger partial charge in [-0.1, -0.05) is 6.07 Å². The van der Waals surface area contributed by atoms with Crippen molar-refractivity contribution in [1.29, 1.82) is 0 Å².